The van der Waals surface area contributed by atoms with Crippen LogP contribution in [0.2, 0.25) is 0 Å². The zero-order valence-electron chi connectivity index (χ0n) is 9.26. The Morgan fingerprint density at radius 2 is 2.47 bits per heavy atom. The van der Waals surface area contributed by atoms with Gasteiger partial charge in [0, 0.05) is 11.0 Å². The van der Waals surface area contributed by atoms with Crippen molar-refractivity contribution in [3.05, 3.63) is 11.1 Å². The van der Waals surface area contributed by atoms with Crippen molar-refractivity contribution < 1.29 is 4.79 Å². The molecule has 1 aliphatic rings. The third-order valence-electron chi connectivity index (χ3n) is 2.53. The second-order valence-corrected chi connectivity index (χ2v) is 5.05. The minimum atomic E-state index is 0.0190. The van der Waals surface area contributed by atoms with Crippen molar-refractivity contribution in [1.29, 1.82) is 0 Å². The number of amides is 1. The first-order valence-corrected chi connectivity index (χ1v) is 6.30. The highest BCUT2D eigenvalue weighted by Gasteiger charge is 2.27. The summed E-state index contributed by atoms with van der Waals surface area (Å²) in [6, 6.07) is 0.0190. The molecule has 86 valence electrons. The van der Waals surface area contributed by atoms with Crippen LogP contribution in [0.1, 0.15) is 26.2 Å². The molecule has 0 aromatic heterocycles. The lowest BCUT2D eigenvalue weighted by molar-refractivity contribution is -0.135. The van der Waals surface area contributed by atoms with Crippen molar-refractivity contribution in [2.24, 2.45) is 0 Å². The van der Waals surface area contributed by atoms with Gasteiger partial charge >= 0.3 is 0 Å². The molecule has 0 spiro atoms. The highest BCUT2D eigenvalue weighted by Crippen LogP contribution is 2.14. The topological polar surface area (TPSA) is 32.3 Å². The second kappa shape index (κ2) is 6.28. The van der Waals surface area contributed by atoms with Crippen LogP contribution in [0.15, 0.2) is 11.1 Å². The van der Waals surface area contributed by atoms with Crippen LogP contribution in [0, 0.1) is 0 Å². The third kappa shape index (κ3) is 3.95. The zero-order chi connectivity index (χ0) is 11.3. The van der Waals surface area contributed by atoms with Gasteiger partial charge in [0.05, 0.1) is 12.6 Å². The van der Waals surface area contributed by atoms with Crippen LogP contribution in [0.5, 0.6) is 0 Å². The van der Waals surface area contributed by atoms with Gasteiger partial charge in [-0.15, -0.1) is 0 Å². The average Bonchev–Trinajstić information content (AvgIpc) is 2.19. The Morgan fingerprint density at radius 3 is 3.07 bits per heavy atom. The summed E-state index contributed by atoms with van der Waals surface area (Å²) in [4.78, 5) is 13.8. The van der Waals surface area contributed by atoms with E-state index in [1.807, 2.05) is 4.90 Å². The van der Waals surface area contributed by atoms with Crippen molar-refractivity contribution >= 4 is 21.8 Å². The van der Waals surface area contributed by atoms with E-state index in [4.69, 9.17) is 0 Å². The molecule has 1 fully saturated rings. The molecule has 1 aliphatic heterocycles. The van der Waals surface area contributed by atoms with E-state index in [0.717, 1.165) is 36.8 Å². The molecule has 1 rings (SSSR count). The van der Waals surface area contributed by atoms with Crippen LogP contribution in [0.25, 0.3) is 0 Å². The van der Waals surface area contributed by atoms with E-state index in [-0.39, 0.29) is 11.9 Å². The van der Waals surface area contributed by atoms with Gasteiger partial charge in [0.2, 0.25) is 5.91 Å². The molecule has 15 heavy (non-hydrogen) atoms. The van der Waals surface area contributed by atoms with Gasteiger partial charge in [-0.3, -0.25) is 4.79 Å². The van der Waals surface area contributed by atoms with Crippen molar-refractivity contribution in [3.63, 3.8) is 0 Å². The van der Waals surface area contributed by atoms with E-state index < -0.39 is 0 Å². The monoisotopic (exact) mass is 274 g/mol. The summed E-state index contributed by atoms with van der Waals surface area (Å²) in [5.41, 5.74) is 0. The number of nitrogens with one attached hydrogen (secondary N) is 1. The van der Waals surface area contributed by atoms with E-state index >= 15 is 0 Å². The summed E-state index contributed by atoms with van der Waals surface area (Å²) < 4.78 is 0.868. The van der Waals surface area contributed by atoms with Gasteiger partial charge in [-0.2, -0.15) is 0 Å². The molecule has 1 saturated heterocycles. The minimum Gasteiger partial charge on any atom is -0.337 e. The molecule has 0 saturated carbocycles. The van der Waals surface area contributed by atoms with Gasteiger partial charge in [0.15, 0.2) is 0 Å². The van der Waals surface area contributed by atoms with Gasteiger partial charge in [-0.05, 0) is 25.8 Å². The summed E-state index contributed by atoms with van der Waals surface area (Å²) in [6.45, 7) is 8.28. The standard InChI is InChI=1S/C11H19BrN2O/c1-3-6-13-10-5-4-7-14(11(10)15)8-9(2)12/h10,13H,2-8H2,1H3. The number of carbonyl (C=O) groups is 1. The molecule has 0 aromatic carbocycles. The first-order chi connectivity index (χ1) is 7.15. The van der Waals surface area contributed by atoms with Crippen molar-refractivity contribution in [2.75, 3.05) is 19.6 Å². The normalized spacial score (nSPS) is 21.9. The summed E-state index contributed by atoms with van der Waals surface area (Å²) in [7, 11) is 0. The predicted octanol–water partition coefficient (Wildman–Crippen LogP) is 1.89. The van der Waals surface area contributed by atoms with Crippen molar-refractivity contribution in [1.82, 2.24) is 10.2 Å². The number of hydrogen-bond donors (Lipinski definition) is 1. The molecular formula is C11H19BrN2O. The zero-order valence-corrected chi connectivity index (χ0v) is 10.8. The fourth-order valence-electron chi connectivity index (χ4n) is 1.81. The lowest BCUT2D eigenvalue weighted by atomic mass is 10.0. The number of halogens is 1. The van der Waals surface area contributed by atoms with Crippen LogP contribution in [-0.4, -0.2) is 36.5 Å². The molecule has 0 aliphatic carbocycles. The average molecular weight is 275 g/mol. The number of rotatable bonds is 5. The number of nitrogens with zero attached hydrogens (tertiary/aromatic N) is 1. The van der Waals surface area contributed by atoms with E-state index in [1.54, 1.807) is 0 Å². The van der Waals surface area contributed by atoms with Crippen LogP contribution in [0.3, 0.4) is 0 Å². The van der Waals surface area contributed by atoms with Gasteiger partial charge in [-0.1, -0.05) is 29.4 Å². The first-order valence-electron chi connectivity index (χ1n) is 5.50. The smallest absolute Gasteiger partial charge is 0.240 e. The fraction of sp³-hybridized carbons (Fsp3) is 0.727. The lowest BCUT2D eigenvalue weighted by Crippen LogP contribution is -2.51. The Labute approximate surface area is 100 Å². The summed E-state index contributed by atoms with van der Waals surface area (Å²) in [5.74, 6) is 0.218. The van der Waals surface area contributed by atoms with E-state index in [9.17, 15) is 4.79 Å². The Kier molecular flexibility index (Phi) is 5.32. The van der Waals surface area contributed by atoms with Gasteiger partial charge in [0.25, 0.3) is 0 Å². The van der Waals surface area contributed by atoms with Crippen LogP contribution in [0.4, 0.5) is 0 Å². The minimum absolute atomic E-state index is 0.0190. The maximum Gasteiger partial charge on any atom is 0.240 e. The van der Waals surface area contributed by atoms with Crippen LogP contribution < -0.4 is 5.32 Å². The highest BCUT2D eigenvalue weighted by atomic mass is 79.9. The van der Waals surface area contributed by atoms with Gasteiger partial charge in [0.1, 0.15) is 0 Å². The van der Waals surface area contributed by atoms with E-state index in [1.165, 1.54) is 0 Å². The summed E-state index contributed by atoms with van der Waals surface area (Å²) in [6.07, 6.45) is 3.10. The molecular weight excluding hydrogens is 256 g/mol. The molecule has 1 N–H and O–H groups in total. The lowest BCUT2D eigenvalue weighted by Gasteiger charge is -2.32. The van der Waals surface area contributed by atoms with Crippen LogP contribution >= 0.6 is 15.9 Å². The van der Waals surface area contributed by atoms with Crippen molar-refractivity contribution in [3.8, 4) is 0 Å². The number of carbonyl (C=O) groups excluding carboxylic acids is 1. The molecule has 1 heterocycles. The second-order valence-electron chi connectivity index (χ2n) is 3.93. The molecule has 3 nitrogen and oxygen atoms in total. The highest BCUT2D eigenvalue weighted by molar-refractivity contribution is 9.11. The van der Waals surface area contributed by atoms with Gasteiger partial charge < -0.3 is 10.2 Å². The summed E-state index contributed by atoms with van der Waals surface area (Å²) in [5, 5.41) is 3.29. The molecule has 1 atom stereocenters. The van der Waals surface area contributed by atoms with E-state index in [2.05, 4.69) is 34.7 Å². The fourth-order valence-corrected chi connectivity index (χ4v) is 2.12. The Balaban J connectivity index is 2.47. The molecule has 0 aromatic rings. The Hall–Kier alpha value is -0.350. The number of likely N-dealkylation sites (tertiary alicyclic amines) is 1. The predicted molar refractivity (Wildman–Crippen MR) is 66.0 cm³/mol. The Bertz CT molecular complexity index is 243. The molecule has 4 heteroatoms. The maximum absolute atomic E-state index is 12.0. The molecule has 1 amide bonds. The number of piperidine rings is 1. The first kappa shape index (κ1) is 12.7. The molecule has 0 bridgehead atoms. The van der Waals surface area contributed by atoms with E-state index in [0.29, 0.717) is 6.54 Å². The Morgan fingerprint density at radius 1 is 1.73 bits per heavy atom. The summed E-state index contributed by atoms with van der Waals surface area (Å²) >= 11 is 3.30. The van der Waals surface area contributed by atoms with Crippen LogP contribution in [-0.2, 0) is 4.79 Å². The SMILES string of the molecule is C=C(Br)CN1CCCC(NCCC)C1=O. The maximum atomic E-state index is 12.0. The van der Waals surface area contributed by atoms with Crippen molar-refractivity contribution in [2.45, 2.75) is 32.2 Å². The largest absolute Gasteiger partial charge is 0.337 e. The quantitative estimate of drug-likeness (QED) is 0.831. The molecule has 0 radical (unpaired) electrons. The third-order valence-corrected chi connectivity index (χ3v) is 2.78. The number of hydrogen-bond acceptors (Lipinski definition) is 2. The van der Waals surface area contributed by atoms with Gasteiger partial charge in [-0.25, -0.2) is 0 Å². The molecule has 1 unspecified atom stereocenters.